The van der Waals surface area contributed by atoms with Crippen molar-refractivity contribution in [3.63, 3.8) is 0 Å². The van der Waals surface area contributed by atoms with Gasteiger partial charge in [0.15, 0.2) is 5.78 Å². The van der Waals surface area contributed by atoms with Crippen LogP contribution in [0.3, 0.4) is 0 Å². The third-order valence-electron chi connectivity index (χ3n) is 4.55. The van der Waals surface area contributed by atoms with E-state index in [1.54, 1.807) is 5.38 Å². The average molecular weight is 419 g/mol. The number of benzene rings is 1. The van der Waals surface area contributed by atoms with Crippen molar-refractivity contribution in [2.24, 2.45) is 5.92 Å². The lowest BCUT2D eigenvalue weighted by atomic mass is 9.78. The molecule has 0 spiro atoms. The van der Waals surface area contributed by atoms with Crippen LogP contribution in [0.15, 0.2) is 41.8 Å². The van der Waals surface area contributed by atoms with Gasteiger partial charge in [0.2, 0.25) is 0 Å². The van der Waals surface area contributed by atoms with E-state index in [9.17, 15) is 27.9 Å². The first-order valence-electron chi connectivity index (χ1n) is 7.74. The molecule has 0 aliphatic carbocycles. The second-order valence-corrected chi connectivity index (χ2v) is 7.46. The molecule has 2 N–H and O–H groups in total. The number of ketones is 1. The first-order valence-corrected chi connectivity index (χ1v) is 8.99. The van der Waals surface area contributed by atoms with Crippen molar-refractivity contribution in [1.29, 1.82) is 0 Å². The van der Waals surface area contributed by atoms with Gasteiger partial charge in [-0.2, -0.15) is 13.2 Å². The van der Waals surface area contributed by atoms with Gasteiger partial charge in [0.1, 0.15) is 5.92 Å². The minimum Gasteiger partial charge on any atom is -0.363 e. The predicted octanol–water partition coefficient (Wildman–Crippen LogP) is 3.85. The van der Waals surface area contributed by atoms with Crippen LogP contribution in [0.2, 0.25) is 5.02 Å². The summed E-state index contributed by atoms with van der Waals surface area (Å²) in [5, 5.41) is 14.9. The van der Waals surface area contributed by atoms with Crippen molar-refractivity contribution in [2.45, 2.75) is 17.9 Å². The lowest BCUT2D eigenvalue weighted by Gasteiger charge is -2.49. The molecule has 1 fully saturated rings. The van der Waals surface area contributed by atoms with E-state index in [1.807, 2.05) is 0 Å². The number of amides is 2. The minimum absolute atomic E-state index is 0.0474. The Morgan fingerprint density at radius 2 is 1.93 bits per heavy atom. The van der Waals surface area contributed by atoms with E-state index in [0.29, 0.717) is 5.02 Å². The van der Waals surface area contributed by atoms with Gasteiger partial charge in [-0.25, -0.2) is 4.79 Å². The number of carbonyl (C=O) groups excluding carboxylic acids is 2. The highest BCUT2D eigenvalue weighted by atomic mass is 35.5. The first-order chi connectivity index (χ1) is 12.6. The number of hydrogen-bond donors (Lipinski definition) is 2. The van der Waals surface area contributed by atoms with Gasteiger partial charge in [-0.05, 0) is 29.1 Å². The van der Waals surface area contributed by atoms with Crippen LogP contribution in [0.25, 0.3) is 0 Å². The first kappa shape index (κ1) is 19.7. The molecule has 0 radical (unpaired) electrons. The van der Waals surface area contributed by atoms with Gasteiger partial charge in [-0.1, -0.05) is 29.8 Å². The number of Topliss-reactive ketones (excluding diaryl/α,β-unsaturated/α-hetero) is 1. The largest absolute Gasteiger partial charge is 0.437 e. The number of hydrogen-bond acceptors (Lipinski definition) is 4. The van der Waals surface area contributed by atoms with Crippen molar-refractivity contribution in [3.8, 4) is 0 Å². The van der Waals surface area contributed by atoms with Crippen LogP contribution in [0.5, 0.6) is 0 Å². The van der Waals surface area contributed by atoms with E-state index in [1.165, 1.54) is 36.4 Å². The summed E-state index contributed by atoms with van der Waals surface area (Å²) in [5.41, 5.74) is -3.46. The van der Waals surface area contributed by atoms with Crippen molar-refractivity contribution < 1.29 is 27.9 Å². The number of carbonyl (C=O) groups is 2. The molecule has 1 aromatic carbocycles. The molecule has 0 unspecified atom stereocenters. The molecule has 1 saturated heterocycles. The zero-order valence-electron chi connectivity index (χ0n) is 13.8. The van der Waals surface area contributed by atoms with Crippen LogP contribution in [0, 0.1) is 5.92 Å². The summed E-state index contributed by atoms with van der Waals surface area (Å²) in [4.78, 5) is 25.3. The van der Waals surface area contributed by atoms with Gasteiger partial charge in [-0.15, -0.1) is 11.3 Å². The fourth-order valence-corrected chi connectivity index (χ4v) is 3.96. The van der Waals surface area contributed by atoms with Crippen LogP contribution >= 0.6 is 22.9 Å². The zero-order valence-corrected chi connectivity index (χ0v) is 15.4. The van der Waals surface area contributed by atoms with Crippen LogP contribution in [-0.4, -0.2) is 40.8 Å². The predicted molar refractivity (Wildman–Crippen MR) is 93.6 cm³/mol. The maximum Gasteiger partial charge on any atom is 0.437 e. The number of halogens is 4. The molecule has 1 aliphatic heterocycles. The fraction of sp³-hybridized carbons (Fsp3) is 0.294. The molecule has 1 aromatic heterocycles. The third kappa shape index (κ3) is 3.19. The van der Waals surface area contributed by atoms with Crippen LogP contribution in [-0.2, 0) is 0 Å². The molecular formula is C17H14ClF3N2O3S. The van der Waals surface area contributed by atoms with Gasteiger partial charge in [0.25, 0.3) is 5.72 Å². The Balaban J connectivity index is 2.19. The van der Waals surface area contributed by atoms with E-state index in [4.69, 9.17) is 11.6 Å². The number of rotatable bonds is 3. The zero-order chi connectivity index (χ0) is 20.0. The van der Waals surface area contributed by atoms with Crippen LogP contribution < -0.4 is 5.32 Å². The number of thiophene rings is 1. The van der Waals surface area contributed by atoms with E-state index in [0.717, 1.165) is 18.4 Å². The summed E-state index contributed by atoms with van der Waals surface area (Å²) in [6.45, 7) is 0. The molecule has 3 atom stereocenters. The number of alkyl halides is 3. The van der Waals surface area contributed by atoms with E-state index in [2.05, 4.69) is 5.32 Å². The molecular weight excluding hydrogens is 405 g/mol. The van der Waals surface area contributed by atoms with E-state index < -0.39 is 35.7 Å². The lowest BCUT2D eigenvalue weighted by Crippen LogP contribution is -2.72. The third-order valence-corrected chi connectivity index (χ3v) is 5.69. The van der Waals surface area contributed by atoms with Gasteiger partial charge in [0, 0.05) is 12.1 Å². The minimum atomic E-state index is -5.26. The Bertz CT molecular complexity index is 857. The topological polar surface area (TPSA) is 69.6 Å². The standard InChI is InChI=1S/C17H14ClF3N2O3S/c1-23-15(25)22-13(9-4-6-10(18)7-5-9)12(16(23,26)17(19,20)21)14(24)11-3-2-8-27-11/h2-8,12-13,26H,1H3,(H,22,25)/t12-,13+,16+/m0/s1. The average Bonchev–Trinajstić information content (AvgIpc) is 3.13. The molecule has 2 aromatic rings. The highest BCUT2D eigenvalue weighted by Gasteiger charge is 2.69. The number of urea groups is 1. The summed E-state index contributed by atoms with van der Waals surface area (Å²) in [5.74, 6) is -2.93. The molecule has 5 nitrogen and oxygen atoms in total. The van der Waals surface area contributed by atoms with Crippen molar-refractivity contribution in [3.05, 3.63) is 57.2 Å². The van der Waals surface area contributed by atoms with Gasteiger partial charge < -0.3 is 10.4 Å². The Kier molecular flexibility index (Phi) is 4.96. The molecule has 10 heteroatoms. The van der Waals surface area contributed by atoms with E-state index >= 15 is 0 Å². The summed E-state index contributed by atoms with van der Waals surface area (Å²) in [6, 6.07) is 6.03. The molecule has 0 bridgehead atoms. The van der Waals surface area contributed by atoms with Gasteiger partial charge >= 0.3 is 12.2 Å². The molecule has 3 rings (SSSR count). The van der Waals surface area contributed by atoms with Gasteiger partial charge in [0.05, 0.1) is 10.9 Å². The summed E-state index contributed by atoms with van der Waals surface area (Å²) in [7, 11) is 0.801. The maximum absolute atomic E-state index is 13.9. The monoisotopic (exact) mass is 418 g/mol. The number of nitrogens with one attached hydrogen (secondary N) is 1. The smallest absolute Gasteiger partial charge is 0.363 e. The Hall–Kier alpha value is -2.10. The second kappa shape index (κ2) is 6.81. The highest BCUT2D eigenvalue weighted by Crippen LogP contribution is 2.47. The molecule has 0 saturated carbocycles. The maximum atomic E-state index is 13.9. The number of nitrogens with zero attached hydrogens (tertiary/aromatic N) is 1. The quantitative estimate of drug-likeness (QED) is 0.744. The van der Waals surface area contributed by atoms with Crippen LogP contribution in [0.4, 0.5) is 18.0 Å². The van der Waals surface area contributed by atoms with Crippen LogP contribution in [0.1, 0.15) is 21.3 Å². The Labute approximate surface area is 161 Å². The van der Waals surface area contributed by atoms with Crippen molar-refractivity contribution >= 4 is 34.8 Å². The number of aliphatic hydroxyl groups is 1. The molecule has 1 aliphatic rings. The normalized spacial score (nSPS) is 26.0. The summed E-state index contributed by atoms with van der Waals surface area (Å²) < 4.78 is 41.7. The Morgan fingerprint density at radius 3 is 2.44 bits per heavy atom. The van der Waals surface area contributed by atoms with Crippen molar-refractivity contribution in [1.82, 2.24) is 10.2 Å². The molecule has 2 heterocycles. The van der Waals surface area contributed by atoms with Gasteiger partial charge in [-0.3, -0.25) is 9.69 Å². The molecule has 2 amide bonds. The van der Waals surface area contributed by atoms with Crippen molar-refractivity contribution in [2.75, 3.05) is 7.05 Å². The summed E-state index contributed by atoms with van der Waals surface area (Å²) in [6.07, 6.45) is -5.26. The molecule has 27 heavy (non-hydrogen) atoms. The van der Waals surface area contributed by atoms with E-state index in [-0.39, 0.29) is 15.3 Å². The summed E-state index contributed by atoms with van der Waals surface area (Å²) >= 11 is 6.78. The SMILES string of the molecule is CN1C(=O)N[C@H](c2ccc(Cl)cc2)[C@@H](C(=O)c2cccs2)[C@@]1(O)C(F)(F)F. The lowest BCUT2D eigenvalue weighted by molar-refractivity contribution is -0.322. The molecule has 144 valence electrons. The fourth-order valence-electron chi connectivity index (χ4n) is 3.13. The second-order valence-electron chi connectivity index (χ2n) is 6.08. The Morgan fingerprint density at radius 1 is 1.30 bits per heavy atom. The highest BCUT2D eigenvalue weighted by molar-refractivity contribution is 7.12.